The van der Waals surface area contributed by atoms with Gasteiger partial charge < -0.3 is 26.4 Å². The molecule has 6 atom stereocenters. The Hall–Kier alpha value is -2.82. The fourth-order valence-electron chi connectivity index (χ4n) is 3.98. The maximum Gasteiger partial charge on any atom is 0.320 e. The summed E-state index contributed by atoms with van der Waals surface area (Å²) in [6.07, 6.45) is 0.196. The zero-order valence-electron chi connectivity index (χ0n) is 20.2. The number of carboxylic acid groups (broad SMARTS) is 1. The highest BCUT2D eigenvalue weighted by molar-refractivity contribution is 7.96. The Labute approximate surface area is 216 Å². The van der Waals surface area contributed by atoms with Crippen LogP contribution in [-0.4, -0.2) is 86.2 Å². The van der Waals surface area contributed by atoms with Crippen LogP contribution in [0.5, 0.6) is 0 Å². The van der Waals surface area contributed by atoms with E-state index in [-0.39, 0.29) is 17.1 Å². The third-order valence-electron chi connectivity index (χ3n) is 6.06. The molecule has 1 aliphatic rings. The minimum atomic E-state index is -4.25. The fraction of sp³-hybridized carbons (Fsp3) is 0.455. The van der Waals surface area contributed by atoms with Gasteiger partial charge in [-0.3, -0.25) is 13.5 Å². The molecule has 0 aliphatic carbocycles. The van der Waals surface area contributed by atoms with Crippen molar-refractivity contribution in [2.24, 2.45) is 5.73 Å². The molecule has 1 aliphatic heterocycles. The van der Waals surface area contributed by atoms with E-state index in [2.05, 4.69) is 15.0 Å². The third kappa shape index (κ3) is 5.86. The monoisotopic (exact) mass is 553 g/mol. The molecule has 4 rings (SSSR count). The minimum absolute atomic E-state index is 0.0518. The lowest BCUT2D eigenvalue weighted by atomic mass is 10.1. The summed E-state index contributed by atoms with van der Waals surface area (Å²) in [6.45, 7) is 1.83. The number of ether oxygens (including phenoxy) is 1. The lowest BCUT2D eigenvalue weighted by Gasteiger charge is -2.20. The number of aryl methyl sites for hydroxylation is 1. The van der Waals surface area contributed by atoms with Gasteiger partial charge >= 0.3 is 5.97 Å². The number of aliphatic hydroxyl groups excluding tert-OH is 1. The van der Waals surface area contributed by atoms with E-state index in [0.29, 0.717) is 22.7 Å². The van der Waals surface area contributed by atoms with Crippen molar-refractivity contribution in [3.8, 4) is 0 Å². The predicted octanol–water partition coefficient (Wildman–Crippen LogP) is -0.201. The van der Waals surface area contributed by atoms with Gasteiger partial charge in [-0.2, -0.15) is 8.42 Å². The number of aromatic nitrogens is 4. The smallest absolute Gasteiger partial charge is 0.320 e. The molecule has 0 saturated carbocycles. The van der Waals surface area contributed by atoms with E-state index in [1.807, 2.05) is 13.2 Å². The van der Waals surface area contributed by atoms with Gasteiger partial charge in [-0.05, 0) is 30.0 Å². The van der Waals surface area contributed by atoms with Crippen molar-refractivity contribution in [1.82, 2.24) is 19.5 Å². The van der Waals surface area contributed by atoms with Crippen LogP contribution in [0.4, 0.5) is 5.82 Å². The number of anilines is 1. The van der Waals surface area contributed by atoms with Crippen LogP contribution >= 0.6 is 0 Å². The molecule has 37 heavy (non-hydrogen) atoms. The summed E-state index contributed by atoms with van der Waals surface area (Å²) >= 11 is 0. The highest BCUT2D eigenvalue weighted by Gasteiger charge is 2.50. The average molecular weight is 554 g/mol. The first kappa shape index (κ1) is 27.2. The third-order valence-corrected chi connectivity index (χ3v) is 9.22. The molecular formula is C22H29N6O7S2+. The quantitative estimate of drug-likeness (QED) is 0.190. The van der Waals surface area contributed by atoms with Crippen LogP contribution in [0.3, 0.4) is 0 Å². The molecule has 0 spiro atoms. The number of hydrogen-bond acceptors (Lipinski definition) is 11. The number of imidazole rings is 1. The van der Waals surface area contributed by atoms with Gasteiger partial charge in [0.1, 0.15) is 47.7 Å². The zero-order chi connectivity index (χ0) is 26.9. The molecule has 1 saturated heterocycles. The van der Waals surface area contributed by atoms with Crippen molar-refractivity contribution >= 4 is 44.0 Å². The van der Waals surface area contributed by atoms with Crippen LogP contribution in [0, 0.1) is 6.92 Å². The number of aliphatic hydroxyl groups is 1. The normalized spacial score (nSPS) is 23.8. The number of nitrogen functional groups attached to an aromatic ring is 1. The number of rotatable bonds is 10. The van der Waals surface area contributed by atoms with Gasteiger partial charge in [-0.25, -0.2) is 15.0 Å². The summed E-state index contributed by atoms with van der Waals surface area (Å²) in [5.41, 5.74) is 13.0. The van der Waals surface area contributed by atoms with Crippen molar-refractivity contribution < 1.29 is 32.3 Å². The second kappa shape index (κ2) is 10.9. The van der Waals surface area contributed by atoms with E-state index >= 15 is 0 Å². The summed E-state index contributed by atoms with van der Waals surface area (Å²) in [5, 5.41) is 20.3. The van der Waals surface area contributed by atoms with Gasteiger partial charge in [0.05, 0.1) is 17.5 Å². The van der Waals surface area contributed by atoms with E-state index in [4.69, 9.17) is 25.5 Å². The van der Waals surface area contributed by atoms with Crippen LogP contribution < -0.4 is 11.5 Å². The predicted molar refractivity (Wildman–Crippen MR) is 136 cm³/mol. The van der Waals surface area contributed by atoms with Gasteiger partial charge in [0.25, 0.3) is 10.1 Å². The van der Waals surface area contributed by atoms with Gasteiger partial charge in [-0.15, -0.1) is 0 Å². The van der Waals surface area contributed by atoms with Crippen LogP contribution in [0.2, 0.25) is 0 Å². The maximum atomic E-state index is 13.1. The Morgan fingerprint density at radius 3 is 2.65 bits per heavy atom. The highest BCUT2D eigenvalue weighted by atomic mass is 32.2. The van der Waals surface area contributed by atoms with Crippen LogP contribution in [0.15, 0.2) is 41.8 Å². The van der Waals surface area contributed by atoms with Crippen LogP contribution in [-0.2, 0) is 34.7 Å². The number of nitrogens with zero attached hydrogens (tertiary/aromatic N) is 4. The molecule has 1 fully saturated rings. The lowest BCUT2D eigenvalue weighted by molar-refractivity contribution is -0.138. The molecular weight excluding hydrogens is 524 g/mol. The second-order valence-electron chi connectivity index (χ2n) is 8.85. The Balaban J connectivity index is 1.61. The first-order chi connectivity index (χ1) is 17.5. The Morgan fingerprint density at radius 2 is 1.97 bits per heavy atom. The molecule has 0 bridgehead atoms. The largest absolute Gasteiger partial charge is 0.480 e. The fourth-order valence-corrected chi connectivity index (χ4v) is 6.74. The minimum Gasteiger partial charge on any atom is -0.480 e. The Morgan fingerprint density at radius 1 is 1.27 bits per heavy atom. The van der Waals surface area contributed by atoms with E-state index in [1.54, 1.807) is 12.1 Å². The molecule has 2 aromatic heterocycles. The molecule has 1 aromatic carbocycles. The summed E-state index contributed by atoms with van der Waals surface area (Å²) in [7, 11) is -4.67. The van der Waals surface area contributed by atoms with E-state index in [1.165, 1.54) is 29.4 Å². The number of aliphatic carboxylic acids is 1. The Bertz CT molecular complexity index is 1370. The maximum absolute atomic E-state index is 13.1. The first-order valence-electron chi connectivity index (χ1n) is 11.3. The summed E-state index contributed by atoms with van der Waals surface area (Å²) in [4.78, 5) is 23.3. The number of benzene rings is 1. The molecule has 0 amide bonds. The van der Waals surface area contributed by atoms with E-state index < -0.39 is 57.6 Å². The van der Waals surface area contributed by atoms with Crippen LogP contribution in [0.1, 0.15) is 18.2 Å². The van der Waals surface area contributed by atoms with Crippen molar-refractivity contribution in [3.05, 3.63) is 42.5 Å². The van der Waals surface area contributed by atoms with E-state index in [0.717, 1.165) is 5.56 Å². The van der Waals surface area contributed by atoms with E-state index in [9.17, 15) is 18.3 Å². The van der Waals surface area contributed by atoms with Crippen molar-refractivity contribution in [1.29, 1.82) is 0 Å². The topological polar surface area (TPSA) is 206 Å². The summed E-state index contributed by atoms with van der Waals surface area (Å²) in [6, 6.07) is 5.15. The van der Waals surface area contributed by atoms with Gasteiger partial charge in [0.2, 0.25) is 0 Å². The summed E-state index contributed by atoms with van der Waals surface area (Å²) < 4.78 is 39.4. The number of nitrogens with two attached hydrogens (primary N) is 2. The summed E-state index contributed by atoms with van der Waals surface area (Å²) in [5.74, 6) is -0.170. The number of hydrogen-bond donors (Lipinski definition) is 4. The number of carboxylic acids is 1. The standard InChI is InChI=1S/C22H28N6O7S2/c1-12-3-5-13(6-4-12)37(32,33)35-18-15(9-36(2)8-7-14(23)22(30)31)34-21(17(18)29)28-11-27-16-19(24)25-10-26-20(16)28/h3-6,10-11,14-15,17-18,21,29H,7-9,23H2,1-2H3,(H2-,24,25,26,30,31)/p+1/t14-,15+,17+,18+,21+,36?/m0/s1. The van der Waals surface area contributed by atoms with Gasteiger partial charge in [0.15, 0.2) is 17.7 Å². The molecule has 3 heterocycles. The molecule has 1 unspecified atom stereocenters. The highest BCUT2D eigenvalue weighted by Crippen LogP contribution is 2.36. The first-order valence-corrected chi connectivity index (χ1v) is 14.7. The van der Waals surface area contributed by atoms with Gasteiger partial charge in [-0.1, -0.05) is 17.7 Å². The second-order valence-corrected chi connectivity index (χ2v) is 12.7. The molecule has 0 radical (unpaired) electrons. The SMILES string of the molecule is Cc1ccc(S(=O)(=O)O[C@H]2[C@@H](O)[C@H](n3cnc4c(N)ncnc43)O[C@@H]2C[S+](C)CC[C@H](N)C(=O)O)cc1. The number of carbonyl (C=O) groups is 1. The molecule has 6 N–H and O–H groups in total. The van der Waals surface area contributed by atoms with Crippen molar-refractivity contribution in [3.63, 3.8) is 0 Å². The number of fused-ring (bicyclic) bond motifs is 1. The average Bonchev–Trinajstić information content (AvgIpc) is 3.40. The molecule has 200 valence electrons. The molecule has 13 nitrogen and oxygen atoms in total. The van der Waals surface area contributed by atoms with Crippen molar-refractivity contribution in [2.75, 3.05) is 23.5 Å². The molecule has 3 aromatic rings. The molecule has 15 heteroatoms. The van der Waals surface area contributed by atoms with Crippen molar-refractivity contribution in [2.45, 2.75) is 48.8 Å². The van der Waals surface area contributed by atoms with Gasteiger partial charge in [0, 0.05) is 6.42 Å². The Kier molecular flexibility index (Phi) is 8.01. The lowest BCUT2D eigenvalue weighted by Crippen LogP contribution is -2.40. The zero-order valence-corrected chi connectivity index (χ0v) is 21.8. The van der Waals surface area contributed by atoms with Crippen LogP contribution in [0.25, 0.3) is 11.2 Å².